The van der Waals surface area contributed by atoms with Crippen molar-refractivity contribution in [1.29, 1.82) is 0 Å². The summed E-state index contributed by atoms with van der Waals surface area (Å²) in [6.45, 7) is 4.03. The minimum absolute atomic E-state index is 0.0847. The van der Waals surface area contributed by atoms with Crippen LogP contribution in [0.2, 0.25) is 5.02 Å². The molecule has 4 heterocycles. The summed E-state index contributed by atoms with van der Waals surface area (Å²) in [5, 5.41) is 4.20. The Hall–Kier alpha value is -2.90. The Balaban J connectivity index is 1.25. The van der Waals surface area contributed by atoms with Gasteiger partial charge in [-0.25, -0.2) is 9.78 Å². The SMILES string of the molecule is Cc1ccc(Cl)cc1NC(=O)N1C2CC1CN(Cc1nc3ccccc3c(=O)[nH]1)C2. The lowest BCUT2D eigenvalue weighted by atomic mass is 9.88. The van der Waals surface area contributed by atoms with E-state index < -0.39 is 0 Å². The zero-order valence-electron chi connectivity index (χ0n) is 16.6. The predicted octanol–water partition coefficient (Wildman–Crippen LogP) is 3.38. The number of carbonyl (C=O) groups is 1. The highest BCUT2D eigenvalue weighted by Crippen LogP contribution is 2.33. The highest BCUT2D eigenvalue weighted by atomic mass is 35.5. The lowest BCUT2D eigenvalue weighted by molar-refractivity contribution is -0.0360. The molecule has 2 aromatic carbocycles. The third kappa shape index (κ3) is 3.44. The number of rotatable bonds is 3. The monoisotopic (exact) mass is 423 g/mol. The van der Waals surface area contributed by atoms with Gasteiger partial charge in [-0.05, 0) is 43.2 Å². The number of carbonyl (C=O) groups excluding carboxylic acids is 1. The number of urea groups is 1. The minimum Gasteiger partial charge on any atom is -0.316 e. The van der Waals surface area contributed by atoms with Crippen molar-refractivity contribution in [1.82, 2.24) is 19.8 Å². The number of fused-ring (bicyclic) bond motifs is 3. The number of nitrogens with one attached hydrogen (secondary N) is 2. The Morgan fingerprint density at radius 1 is 1.23 bits per heavy atom. The summed E-state index contributed by atoms with van der Waals surface area (Å²) in [5.41, 5.74) is 2.31. The smallest absolute Gasteiger partial charge is 0.316 e. The maximum Gasteiger partial charge on any atom is 0.322 e. The first kappa shape index (κ1) is 19.1. The zero-order valence-corrected chi connectivity index (χ0v) is 17.3. The van der Waals surface area contributed by atoms with Crippen LogP contribution in [0, 0.1) is 6.92 Å². The fourth-order valence-electron chi connectivity index (χ4n) is 4.49. The first-order valence-electron chi connectivity index (χ1n) is 10.0. The number of H-pyrrole nitrogens is 1. The van der Waals surface area contributed by atoms with Crippen LogP contribution in [0.15, 0.2) is 47.3 Å². The van der Waals surface area contributed by atoms with Crippen molar-refractivity contribution in [3.63, 3.8) is 0 Å². The molecule has 2 unspecified atom stereocenters. The molecule has 2 amide bonds. The summed E-state index contributed by atoms with van der Waals surface area (Å²) >= 11 is 6.06. The third-order valence-electron chi connectivity index (χ3n) is 5.98. The van der Waals surface area contributed by atoms with E-state index in [4.69, 9.17) is 11.6 Å². The molecule has 7 nitrogen and oxygen atoms in total. The van der Waals surface area contributed by atoms with Gasteiger partial charge < -0.3 is 15.2 Å². The number of piperidine rings is 1. The Morgan fingerprint density at radius 3 is 2.80 bits per heavy atom. The highest BCUT2D eigenvalue weighted by Gasteiger charge is 2.47. The Kier molecular flexibility index (Phi) is 4.72. The maximum atomic E-state index is 12.8. The van der Waals surface area contributed by atoms with Gasteiger partial charge in [-0.1, -0.05) is 29.8 Å². The van der Waals surface area contributed by atoms with E-state index in [1.54, 1.807) is 12.1 Å². The molecule has 2 N–H and O–H groups in total. The topological polar surface area (TPSA) is 81.3 Å². The van der Waals surface area contributed by atoms with E-state index in [1.807, 2.05) is 42.2 Å². The number of nitrogens with zero attached hydrogens (tertiary/aromatic N) is 3. The molecule has 3 aliphatic rings. The van der Waals surface area contributed by atoms with Crippen molar-refractivity contribution in [3.8, 4) is 0 Å². The number of hydrogen-bond acceptors (Lipinski definition) is 4. The van der Waals surface area contributed by atoms with Gasteiger partial charge in [-0.15, -0.1) is 0 Å². The summed E-state index contributed by atoms with van der Waals surface area (Å²) in [6.07, 6.45) is 1.00. The number of hydrogen-bond donors (Lipinski definition) is 2. The van der Waals surface area contributed by atoms with Crippen LogP contribution in [-0.4, -0.2) is 51.0 Å². The number of benzene rings is 2. The molecule has 3 saturated heterocycles. The average molecular weight is 424 g/mol. The van der Waals surface area contributed by atoms with Crippen LogP contribution in [0.25, 0.3) is 10.9 Å². The fourth-order valence-corrected chi connectivity index (χ4v) is 4.66. The normalized spacial score (nSPS) is 20.8. The van der Waals surface area contributed by atoms with Gasteiger partial charge in [0.25, 0.3) is 5.56 Å². The number of amides is 2. The summed E-state index contributed by atoms with van der Waals surface area (Å²) in [6, 6.07) is 13.1. The Bertz CT molecular complexity index is 1180. The van der Waals surface area contributed by atoms with Gasteiger partial charge in [0.05, 0.1) is 17.4 Å². The summed E-state index contributed by atoms with van der Waals surface area (Å²) < 4.78 is 0. The van der Waals surface area contributed by atoms with E-state index in [0.717, 1.165) is 30.8 Å². The zero-order chi connectivity index (χ0) is 20.8. The van der Waals surface area contributed by atoms with E-state index in [1.165, 1.54) is 0 Å². The Labute approximate surface area is 178 Å². The van der Waals surface area contributed by atoms with Crippen LogP contribution in [0.4, 0.5) is 10.5 Å². The second-order valence-electron chi connectivity index (χ2n) is 8.06. The quantitative estimate of drug-likeness (QED) is 0.676. The largest absolute Gasteiger partial charge is 0.322 e. The first-order chi connectivity index (χ1) is 14.5. The van der Waals surface area contributed by atoms with E-state index in [-0.39, 0.29) is 23.7 Å². The van der Waals surface area contributed by atoms with Gasteiger partial charge in [0.1, 0.15) is 5.82 Å². The number of piperazine rings is 1. The van der Waals surface area contributed by atoms with Gasteiger partial charge >= 0.3 is 6.03 Å². The molecular formula is C22H22ClN5O2. The molecule has 0 saturated carbocycles. The molecule has 0 aliphatic carbocycles. The van der Waals surface area contributed by atoms with Gasteiger partial charge in [0.2, 0.25) is 0 Å². The van der Waals surface area contributed by atoms with Crippen LogP contribution in [0.5, 0.6) is 0 Å². The molecule has 2 atom stereocenters. The fraction of sp³-hybridized carbons (Fsp3) is 0.318. The highest BCUT2D eigenvalue weighted by molar-refractivity contribution is 6.31. The second kappa shape index (κ2) is 7.41. The minimum atomic E-state index is -0.115. The third-order valence-corrected chi connectivity index (χ3v) is 6.21. The van der Waals surface area contributed by atoms with Crippen molar-refractivity contribution in [3.05, 3.63) is 69.2 Å². The van der Waals surface area contributed by atoms with Crippen LogP contribution >= 0.6 is 11.6 Å². The van der Waals surface area contributed by atoms with Crippen molar-refractivity contribution in [2.24, 2.45) is 0 Å². The van der Waals surface area contributed by atoms with Crippen LogP contribution in [0.1, 0.15) is 17.8 Å². The van der Waals surface area contributed by atoms with Crippen molar-refractivity contribution in [2.75, 3.05) is 18.4 Å². The molecule has 30 heavy (non-hydrogen) atoms. The number of aryl methyl sites for hydroxylation is 1. The molecule has 2 bridgehead atoms. The van der Waals surface area contributed by atoms with Gasteiger partial charge in [-0.3, -0.25) is 9.69 Å². The molecule has 6 rings (SSSR count). The molecule has 3 aliphatic heterocycles. The first-order valence-corrected chi connectivity index (χ1v) is 10.4. The summed E-state index contributed by atoms with van der Waals surface area (Å²) in [7, 11) is 0. The molecule has 8 heteroatoms. The van der Waals surface area contributed by atoms with Crippen molar-refractivity contribution >= 4 is 34.2 Å². The van der Waals surface area contributed by atoms with Gasteiger partial charge in [-0.2, -0.15) is 0 Å². The van der Waals surface area contributed by atoms with E-state index in [2.05, 4.69) is 20.2 Å². The molecule has 0 radical (unpaired) electrons. The van der Waals surface area contributed by atoms with Crippen LogP contribution in [-0.2, 0) is 6.54 Å². The van der Waals surface area contributed by atoms with Gasteiger partial charge in [0, 0.05) is 35.9 Å². The number of aromatic nitrogens is 2. The number of para-hydroxylation sites is 1. The average Bonchev–Trinajstić information content (AvgIpc) is 2.70. The predicted molar refractivity (Wildman–Crippen MR) is 117 cm³/mol. The van der Waals surface area contributed by atoms with Gasteiger partial charge in [0.15, 0.2) is 0 Å². The molecule has 154 valence electrons. The summed E-state index contributed by atoms with van der Waals surface area (Å²) in [5.74, 6) is 0.658. The van der Waals surface area contributed by atoms with E-state index in [0.29, 0.717) is 28.3 Å². The standard InChI is InChI=1S/C22H22ClN5O2/c1-13-6-7-14(23)8-19(13)25-22(30)28-15-9-16(28)11-27(10-15)12-20-24-18-5-3-2-4-17(18)21(29)26-20/h2-8,15-16H,9-12H2,1H3,(H,25,30)(H,24,26,29). The number of anilines is 1. The van der Waals surface area contributed by atoms with E-state index in [9.17, 15) is 9.59 Å². The molecule has 1 aromatic heterocycles. The molecular weight excluding hydrogens is 402 g/mol. The summed E-state index contributed by atoms with van der Waals surface area (Å²) in [4.78, 5) is 36.8. The lowest BCUT2D eigenvalue weighted by Gasteiger charge is -2.56. The lowest BCUT2D eigenvalue weighted by Crippen LogP contribution is -2.70. The second-order valence-corrected chi connectivity index (χ2v) is 8.50. The van der Waals surface area contributed by atoms with E-state index >= 15 is 0 Å². The molecule has 3 fully saturated rings. The maximum absolute atomic E-state index is 12.8. The van der Waals surface area contributed by atoms with Crippen LogP contribution in [0.3, 0.4) is 0 Å². The van der Waals surface area contributed by atoms with Crippen molar-refractivity contribution < 1.29 is 4.79 Å². The molecule has 3 aromatic rings. The van der Waals surface area contributed by atoms with Crippen molar-refractivity contribution in [2.45, 2.75) is 32.0 Å². The van der Waals surface area contributed by atoms with Crippen LogP contribution < -0.4 is 10.9 Å². The number of aromatic amines is 1. The molecule has 0 spiro atoms. The number of halogens is 1. The Morgan fingerprint density at radius 2 is 2.00 bits per heavy atom.